The summed E-state index contributed by atoms with van der Waals surface area (Å²) in [6, 6.07) is 16.2. The summed E-state index contributed by atoms with van der Waals surface area (Å²) in [6.45, 7) is 2.91. The number of aromatic nitrogens is 3. The first-order chi connectivity index (χ1) is 28.0. The SMILES string of the molecule is Cc1ncsc1-c1ccc(CNC=O)c(OCCOCCOc2ccc(-c3cnc4[nH]cc(C(=O)c5c(F)ccc(NS(=O)(=O)N6CC[C@@H](F)C6)c5F)c4c3)cc2)c1. The minimum atomic E-state index is -4.36. The molecule has 302 valence electrons. The average molecular weight is 835 g/mol. The zero-order valence-electron chi connectivity index (χ0n) is 31.0. The van der Waals surface area contributed by atoms with E-state index in [1.54, 1.807) is 53.4 Å². The lowest BCUT2D eigenvalue weighted by Gasteiger charge is -2.18. The van der Waals surface area contributed by atoms with Crippen molar-refractivity contribution in [2.24, 2.45) is 0 Å². The number of carbonyl (C=O) groups excluding carboxylic acids is 2. The topological polar surface area (TPSA) is 165 Å². The number of fused-ring (bicyclic) bond motifs is 1. The number of amides is 1. The quantitative estimate of drug-likeness (QED) is 0.0492. The van der Waals surface area contributed by atoms with Crippen LogP contribution < -0.4 is 19.5 Å². The maximum absolute atomic E-state index is 15.6. The third-order valence-electron chi connectivity index (χ3n) is 9.39. The smallest absolute Gasteiger partial charge is 0.301 e. The van der Waals surface area contributed by atoms with Crippen molar-refractivity contribution in [3.8, 4) is 33.1 Å². The van der Waals surface area contributed by atoms with Gasteiger partial charge >= 0.3 is 10.2 Å². The van der Waals surface area contributed by atoms with Gasteiger partial charge in [-0.25, -0.2) is 23.1 Å². The fraction of sp³-hybridized carbons (Fsp3) is 0.250. The van der Waals surface area contributed by atoms with Crippen molar-refractivity contribution in [3.05, 3.63) is 113 Å². The number of aryl methyl sites for hydroxylation is 1. The van der Waals surface area contributed by atoms with Gasteiger partial charge < -0.3 is 24.5 Å². The number of anilines is 1. The first-order valence-corrected chi connectivity index (χ1v) is 20.4. The van der Waals surface area contributed by atoms with Crippen molar-refractivity contribution < 1.29 is 45.4 Å². The van der Waals surface area contributed by atoms with Crippen molar-refractivity contribution in [2.75, 3.05) is 44.2 Å². The summed E-state index contributed by atoms with van der Waals surface area (Å²) in [5.41, 5.74) is 4.45. The number of H-pyrrole nitrogens is 1. The van der Waals surface area contributed by atoms with Crippen molar-refractivity contribution >= 4 is 50.5 Å². The van der Waals surface area contributed by atoms with Gasteiger partial charge in [-0.05, 0) is 60.9 Å². The van der Waals surface area contributed by atoms with Crippen LogP contribution in [0, 0.1) is 18.6 Å². The third-order valence-corrected chi connectivity index (χ3v) is 11.9. The van der Waals surface area contributed by atoms with E-state index in [1.807, 2.05) is 29.8 Å². The van der Waals surface area contributed by atoms with E-state index in [0.29, 0.717) is 48.9 Å². The van der Waals surface area contributed by atoms with E-state index in [1.165, 1.54) is 6.20 Å². The molecule has 3 aromatic carbocycles. The second-order valence-electron chi connectivity index (χ2n) is 13.2. The van der Waals surface area contributed by atoms with Crippen LogP contribution in [0.3, 0.4) is 0 Å². The van der Waals surface area contributed by atoms with Crippen LogP contribution in [0.5, 0.6) is 11.5 Å². The molecule has 58 heavy (non-hydrogen) atoms. The number of hydrogen-bond acceptors (Lipinski definition) is 10. The number of rotatable bonds is 18. The molecule has 1 fully saturated rings. The van der Waals surface area contributed by atoms with Gasteiger partial charge in [0.15, 0.2) is 5.82 Å². The van der Waals surface area contributed by atoms with Crippen LogP contribution in [0.15, 0.2) is 78.6 Å². The van der Waals surface area contributed by atoms with Gasteiger partial charge in [-0.15, -0.1) is 11.3 Å². The molecule has 3 N–H and O–H groups in total. The van der Waals surface area contributed by atoms with Crippen LogP contribution in [0.2, 0.25) is 0 Å². The highest BCUT2D eigenvalue weighted by Crippen LogP contribution is 2.33. The minimum Gasteiger partial charge on any atom is -0.491 e. The van der Waals surface area contributed by atoms with E-state index >= 15 is 8.78 Å². The maximum Gasteiger partial charge on any atom is 0.301 e. The molecule has 4 heterocycles. The number of nitrogens with one attached hydrogen (secondary N) is 3. The molecule has 18 heteroatoms. The molecule has 0 aliphatic carbocycles. The molecule has 0 bridgehead atoms. The predicted octanol–water partition coefficient (Wildman–Crippen LogP) is 6.59. The molecule has 0 unspecified atom stereocenters. The Morgan fingerprint density at radius 2 is 1.78 bits per heavy atom. The van der Waals surface area contributed by atoms with Gasteiger partial charge in [0.2, 0.25) is 12.2 Å². The van der Waals surface area contributed by atoms with Crippen LogP contribution in [-0.4, -0.2) is 85.6 Å². The number of carbonyl (C=O) groups is 2. The molecule has 0 spiro atoms. The number of benzene rings is 3. The van der Waals surface area contributed by atoms with Gasteiger partial charge in [-0.1, -0.05) is 24.3 Å². The monoisotopic (exact) mass is 834 g/mol. The Hall–Kier alpha value is -5.82. The predicted molar refractivity (Wildman–Crippen MR) is 212 cm³/mol. The number of thiazole rings is 1. The van der Waals surface area contributed by atoms with Crippen LogP contribution in [0.25, 0.3) is 32.6 Å². The first kappa shape index (κ1) is 40.4. The molecule has 1 aliphatic rings. The van der Waals surface area contributed by atoms with E-state index in [2.05, 4.69) is 20.3 Å². The average Bonchev–Trinajstić information content (AvgIpc) is 3.98. The van der Waals surface area contributed by atoms with Gasteiger partial charge in [0.05, 0.1) is 40.5 Å². The zero-order valence-corrected chi connectivity index (χ0v) is 32.6. The number of alkyl halides is 1. The van der Waals surface area contributed by atoms with Gasteiger partial charge in [0, 0.05) is 54.1 Å². The van der Waals surface area contributed by atoms with Crippen molar-refractivity contribution in [2.45, 2.75) is 26.1 Å². The summed E-state index contributed by atoms with van der Waals surface area (Å²) in [4.78, 5) is 37.1. The molecule has 6 aromatic rings. The second-order valence-corrected chi connectivity index (χ2v) is 15.7. The van der Waals surface area contributed by atoms with E-state index < -0.39 is 51.6 Å². The van der Waals surface area contributed by atoms with Crippen LogP contribution in [0.1, 0.15) is 33.6 Å². The molecule has 3 aromatic heterocycles. The van der Waals surface area contributed by atoms with E-state index in [4.69, 9.17) is 14.2 Å². The van der Waals surface area contributed by atoms with Crippen LogP contribution >= 0.6 is 11.3 Å². The second kappa shape index (κ2) is 17.8. The molecule has 1 aliphatic heterocycles. The highest BCUT2D eigenvalue weighted by atomic mass is 32.2. The van der Waals surface area contributed by atoms with Crippen molar-refractivity contribution in [1.82, 2.24) is 24.6 Å². The standard InChI is InChI=1S/C40H37F3N6O7S2/c1-24-39(57-23-47-24)26-2-3-27(18-44-22-50)35(17-26)56-15-13-54-12-14-55-30-6-4-25(5-7-30)28-16-31-32(20-46-40(31)45-19-28)38(51)36-33(42)8-9-34(37(36)43)48-58(52,53)49-11-10-29(41)21-49/h2-9,16-17,19-20,22-23,29,48H,10-15,18,21H2,1H3,(H,44,50)(H,45,46)/t29-/m1/s1. The number of hydrogen-bond donors (Lipinski definition) is 3. The number of pyridine rings is 1. The van der Waals surface area contributed by atoms with E-state index in [-0.39, 0.29) is 37.1 Å². The Labute approximate surface area is 335 Å². The molecule has 1 saturated heterocycles. The highest BCUT2D eigenvalue weighted by molar-refractivity contribution is 7.90. The Morgan fingerprint density at radius 3 is 2.50 bits per heavy atom. The molecule has 0 radical (unpaired) electrons. The van der Waals surface area contributed by atoms with Crippen molar-refractivity contribution in [3.63, 3.8) is 0 Å². The molecular weight excluding hydrogens is 798 g/mol. The van der Waals surface area contributed by atoms with E-state index in [9.17, 15) is 22.4 Å². The summed E-state index contributed by atoms with van der Waals surface area (Å²) in [5, 5.41) is 2.96. The molecule has 1 atom stereocenters. The summed E-state index contributed by atoms with van der Waals surface area (Å²) >= 11 is 1.54. The van der Waals surface area contributed by atoms with Crippen LogP contribution in [-0.2, 0) is 26.3 Å². The lowest BCUT2D eigenvalue weighted by atomic mass is 10.00. The summed E-state index contributed by atoms with van der Waals surface area (Å²) < 4.78 is 90.2. The Morgan fingerprint density at radius 1 is 1.00 bits per heavy atom. The van der Waals surface area contributed by atoms with E-state index in [0.717, 1.165) is 43.7 Å². The van der Waals surface area contributed by atoms with Gasteiger partial charge in [0.25, 0.3) is 0 Å². The molecule has 7 rings (SSSR count). The van der Waals surface area contributed by atoms with Gasteiger partial charge in [-0.2, -0.15) is 12.7 Å². The van der Waals surface area contributed by atoms with Gasteiger partial charge in [0.1, 0.15) is 42.3 Å². The fourth-order valence-electron chi connectivity index (χ4n) is 6.41. The molecule has 0 saturated carbocycles. The normalized spacial score (nSPS) is 14.4. The number of ether oxygens (including phenoxy) is 3. The molecule has 1 amide bonds. The number of halogens is 3. The summed E-state index contributed by atoms with van der Waals surface area (Å²) in [6.07, 6.45) is 2.14. The number of nitrogens with zero attached hydrogens (tertiary/aromatic N) is 3. The Bertz CT molecular complexity index is 2550. The highest BCUT2D eigenvalue weighted by Gasteiger charge is 2.33. The van der Waals surface area contributed by atoms with Crippen LogP contribution in [0.4, 0.5) is 18.9 Å². The third kappa shape index (κ3) is 8.99. The number of ketones is 1. The molecular formula is C40H37F3N6O7S2. The lowest BCUT2D eigenvalue weighted by Crippen LogP contribution is -2.34. The maximum atomic E-state index is 15.6. The lowest BCUT2D eigenvalue weighted by molar-refractivity contribution is -0.109. The summed E-state index contributed by atoms with van der Waals surface area (Å²) in [7, 11) is -4.36. The van der Waals surface area contributed by atoms with Crippen molar-refractivity contribution in [1.29, 1.82) is 0 Å². The Kier molecular flexibility index (Phi) is 12.4. The molecule has 13 nitrogen and oxygen atoms in total. The summed E-state index contributed by atoms with van der Waals surface area (Å²) in [5.74, 6) is -2.41. The fourth-order valence-corrected chi connectivity index (χ4v) is 8.49. The largest absolute Gasteiger partial charge is 0.491 e. The van der Waals surface area contributed by atoms with Gasteiger partial charge in [-0.3, -0.25) is 14.3 Å². The Balaban J connectivity index is 0.944. The number of aromatic amines is 1. The first-order valence-electron chi connectivity index (χ1n) is 18.1. The minimum absolute atomic E-state index is 0.00347. The zero-order chi connectivity index (χ0) is 40.8.